The van der Waals surface area contributed by atoms with Crippen LogP contribution in [0.25, 0.3) is 11.2 Å². The van der Waals surface area contributed by atoms with Gasteiger partial charge in [-0.2, -0.15) is 0 Å². The first-order chi connectivity index (χ1) is 13.3. The third-order valence-corrected chi connectivity index (χ3v) is 7.78. The highest BCUT2D eigenvalue weighted by molar-refractivity contribution is 5.81. The van der Waals surface area contributed by atoms with Crippen LogP contribution >= 0.6 is 0 Å². The monoisotopic (exact) mass is 385 g/mol. The van der Waals surface area contributed by atoms with Crippen LogP contribution in [0.5, 0.6) is 0 Å². The summed E-state index contributed by atoms with van der Waals surface area (Å²) in [7, 11) is 0. The van der Waals surface area contributed by atoms with E-state index < -0.39 is 11.5 Å². The van der Waals surface area contributed by atoms with Gasteiger partial charge in [-0.25, -0.2) is 15.0 Å². The molecule has 0 radical (unpaired) electrons. The topological polar surface area (TPSA) is 110 Å². The van der Waals surface area contributed by atoms with Crippen LogP contribution in [-0.2, 0) is 6.54 Å². The van der Waals surface area contributed by atoms with Crippen LogP contribution in [-0.4, -0.2) is 42.4 Å². The van der Waals surface area contributed by atoms with Crippen molar-refractivity contribution in [3.05, 3.63) is 24.8 Å². The Hall–Kier alpha value is -1.99. The molecule has 152 valence electrons. The molecule has 28 heavy (non-hydrogen) atoms. The number of hydrogen-bond donors (Lipinski definition) is 3. The van der Waals surface area contributed by atoms with Crippen LogP contribution < -0.4 is 5.73 Å². The lowest BCUT2D eigenvalue weighted by atomic mass is 9.46. The SMILES string of the molecule is C=C1CCC2[C@](C)(CO)[C@H](O)CC[C@@]2(C)[C@@H]1CCn1cnc2c(N)ncnc21. The Bertz CT molecular complexity index is 896. The van der Waals surface area contributed by atoms with Crippen LogP contribution in [0.2, 0.25) is 0 Å². The van der Waals surface area contributed by atoms with Gasteiger partial charge in [0.2, 0.25) is 0 Å². The van der Waals surface area contributed by atoms with Gasteiger partial charge in [0.25, 0.3) is 0 Å². The average molecular weight is 386 g/mol. The predicted molar refractivity (Wildman–Crippen MR) is 108 cm³/mol. The van der Waals surface area contributed by atoms with E-state index in [1.54, 1.807) is 6.33 Å². The molecule has 4 rings (SSSR count). The lowest BCUT2D eigenvalue weighted by Crippen LogP contribution is -2.57. The zero-order valence-electron chi connectivity index (χ0n) is 16.8. The first-order valence-corrected chi connectivity index (χ1v) is 10.2. The number of aromatic nitrogens is 4. The number of rotatable bonds is 4. The van der Waals surface area contributed by atoms with Gasteiger partial charge >= 0.3 is 0 Å². The molecule has 0 saturated heterocycles. The Kier molecular flexibility index (Phi) is 4.70. The third kappa shape index (κ3) is 2.75. The van der Waals surface area contributed by atoms with E-state index in [0.29, 0.717) is 17.3 Å². The summed E-state index contributed by atoms with van der Waals surface area (Å²) in [6, 6.07) is 0. The third-order valence-electron chi connectivity index (χ3n) is 7.78. The van der Waals surface area contributed by atoms with Crippen molar-refractivity contribution in [1.29, 1.82) is 0 Å². The van der Waals surface area contributed by atoms with Gasteiger partial charge < -0.3 is 20.5 Å². The van der Waals surface area contributed by atoms with Crippen molar-refractivity contribution in [2.75, 3.05) is 12.3 Å². The smallest absolute Gasteiger partial charge is 0.165 e. The first-order valence-electron chi connectivity index (χ1n) is 10.2. The van der Waals surface area contributed by atoms with E-state index in [-0.39, 0.29) is 17.9 Å². The molecule has 1 unspecified atom stereocenters. The Morgan fingerprint density at radius 3 is 2.82 bits per heavy atom. The summed E-state index contributed by atoms with van der Waals surface area (Å²) < 4.78 is 2.04. The fourth-order valence-corrected chi connectivity index (χ4v) is 6.06. The van der Waals surface area contributed by atoms with Crippen LogP contribution in [0.1, 0.15) is 46.0 Å². The molecular formula is C21H31N5O2. The molecule has 2 aliphatic carbocycles. The summed E-state index contributed by atoms with van der Waals surface area (Å²) in [5.41, 5.74) is 8.17. The molecule has 2 saturated carbocycles. The molecule has 2 aromatic rings. The molecule has 2 fully saturated rings. The predicted octanol–water partition coefficient (Wildman–Crippen LogP) is 2.54. The molecule has 5 atom stereocenters. The zero-order chi connectivity index (χ0) is 20.1. The fourth-order valence-electron chi connectivity index (χ4n) is 6.06. The number of aryl methyl sites for hydroxylation is 1. The van der Waals surface area contributed by atoms with Crippen molar-refractivity contribution in [2.45, 2.75) is 58.6 Å². The van der Waals surface area contributed by atoms with E-state index in [1.165, 1.54) is 11.9 Å². The maximum atomic E-state index is 10.6. The van der Waals surface area contributed by atoms with Gasteiger partial charge in [0.05, 0.1) is 19.0 Å². The maximum Gasteiger partial charge on any atom is 0.165 e. The number of aliphatic hydroxyl groups is 2. The molecule has 0 aliphatic heterocycles. The number of hydrogen-bond acceptors (Lipinski definition) is 6. The number of nitrogens with zero attached hydrogens (tertiary/aromatic N) is 4. The Labute approximate surface area is 165 Å². The Morgan fingerprint density at radius 1 is 1.29 bits per heavy atom. The lowest BCUT2D eigenvalue weighted by molar-refractivity contribution is -0.152. The zero-order valence-corrected chi connectivity index (χ0v) is 16.8. The van der Waals surface area contributed by atoms with E-state index in [0.717, 1.165) is 44.3 Å². The summed E-state index contributed by atoms with van der Waals surface area (Å²) >= 11 is 0. The largest absolute Gasteiger partial charge is 0.396 e. The van der Waals surface area contributed by atoms with Crippen molar-refractivity contribution in [2.24, 2.45) is 22.7 Å². The molecule has 7 heteroatoms. The number of fused-ring (bicyclic) bond motifs is 2. The second-order valence-corrected chi connectivity index (χ2v) is 9.18. The van der Waals surface area contributed by atoms with Gasteiger partial charge in [-0.05, 0) is 49.4 Å². The van der Waals surface area contributed by atoms with Gasteiger partial charge in [0.1, 0.15) is 11.8 Å². The summed E-state index contributed by atoms with van der Waals surface area (Å²) in [6.07, 6.45) is 7.36. The highest BCUT2D eigenvalue weighted by Crippen LogP contribution is 2.61. The minimum Gasteiger partial charge on any atom is -0.396 e. The van der Waals surface area contributed by atoms with Crippen molar-refractivity contribution in [1.82, 2.24) is 19.5 Å². The summed E-state index contributed by atoms with van der Waals surface area (Å²) in [4.78, 5) is 12.7. The average Bonchev–Trinajstić information content (AvgIpc) is 3.09. The van der Waals surface area contributed by atoms with E-state index in [4.69, 9.17) is 5.73 Å². The standard InChI is InChI=1S/C21H31N5O2/c1-13-4-5-15-20(2,8-6-16(28)21(15,3)10-27)14(13)7-9-26-12-25-17-18(22)23-11-24-19(17)26/h11-12,14-16,27-28H,1,4-10H2,2-3H3,(H2,22,23,24)/t14-,15?,16-,20+,21+/m1/s1. The first kappa shape index (κ1) is 19.3. The van der Waals surface area contributed by atoms with Crippen LogP contribution in [0.3, 0.4) is 0 Å². The maximum absolute atomic E-state index is 10.6. The molecule has 2 aliphatic rings. The van der Waals surface area contributed by atoms with Crippen molar-refractivity contribution in [3.63, 3.8) is 0 Å². The van der Waals surface area contributed by atoms with Crippen molar-refractivity contribution >= 4 is 17.0 Å². The van der Waals surface area contributed by atoms with E-state index in [2.05, 4.69) is 28.5 Å². The number of nitrogen functional groups attached to an aromatic ring is 1. The number of nitrogens with two attached hydrogens (primary N) is 1. The lowest BCUT2D eigenvalue weighted by Gasteiger charge is -2.60. The number of anilines is 1. The molecule has 2 aromatic heterocycles. The minimum atomic E-state index is -0.449. The van der Waals surface area contributed by atoms with Gasteiger partial charge in [-0.3, -0.25) is 0 Å². The molecule has 7 nitrogen and oxygen atoms in total. The molecular weight excluding hydrogens is 354 g/mol. The van der Waals surface area contributed by atoms with Crippen LogP contribution in [0.15, 0.2) is 24.8 Å². The molecule has 0 spiro atoms. The van der Waals surface area contributed by atoms with Gasteiger partial charge in [-0.15, -0.1) is 0 Å². The minimum absolute atomic E-state index is 0.0238. The molecule has 0 bridgehead atoms. The highest BCUT2D eigenvalue weighted by Gasteiger charge is 2.57. The van der Waals surface area contributed by atoms with Crippen LogP contribution in [0, 0.1) is 22.7 Å². The van der Waals surface area contributed by atoms with Gasteiger partial charge in [0, 0.05) is 12.0 Å². The normalized spacial score (nSPS) is 35.9. The highest BCUT2D eigenvalue weighted by atomic mass is 16.3. The second kappa shape index (κ2) is 6.81. The van der Waals surface area contributed by atoms with Gasteiger partial charge in [0.15, 0.2) is 11.5 Å². The number of allylic oxidation sites excluding steroid dienone is 1. The van der Waals surface area contributed by atoms with E-state index in [1.807, 2.05) is 11.5 Å². The van der Waals surface area contributed by atoms with E-state index >= 15 is 0 Å². The Morgan fingerprint density at radius 2 is 2.07 bits per heavy atom. The van der Waals surface area contributed by atoms with Crippen LogP contribution in [0.4, 0.5) is 5.82 Å². The van der Waals surface area contributed by atoms with Crippen molar-refractivity contribution < 1.29 is 10.2 Å². The number of aliphatic hydroxyl groups excluding tert-OH is 2. The summed E-state index contributed by atoms with van der Waals surface area (Å²) in [6.45, 7) is 9.59. The second-order valence-electron chi connectivity index (χ2n) is 9.18. The molecule has 2 heterocycles. The van der Waals surface area contributed by atoms with Crippen molar-refractivity contribution in [3.8, 4) is 0 Å². The summed E-state index contributed by atoms with van der Waals surface area (Å²) in [5, 5.41) is 20.8. The fraction of sp³-hybridized carbons (Fsp3) is 0.667. The Balaban J connectivity index is 1.61. The van der Waals surface area contributed by atoms with E-state index in [9.17, 15) is 10.2 Å². The molecule has 0 amide bonds. The summed E-state index contributed by atoms with van der Waals surface area (Å²) in [5.74, 6) is 1.01. The van der Waals surface area contributed by atoms with Gasteiger partial charge in [-0.1, -0.05) is 26.0 Å². The number of imidazole rings is 1. The molecule has 4 N–H and O–H groups in total. The quantitative estimate of drug-likeness (QED) is 0.698. The molecule has 0 aromatic carbocycles.